The average molecular weight is 389 g/mol. The highest BCUT2D eigenvalue weighted by atomic mass is 32.2. The fourth-order valence-electron chi connectivity index (χ4n) is 2.08. The number of primary amides is 1. The maximum Gasteiger partial charge on any atom is 0.261 e. The summed E-state index contributed by atoms with van der Waals surface area (Å²) in [5.74, 6) is -1.70. The van der Waals surface area contributed by atoms with E-state index in [0.717, 1.165) is 16.2 Å². The van der Waals surface area contributed by atoms with E-state index in [9.17, 15) is 18.8 Å². The molecule has 4 N–H and O–H groups in total. The molecule has 0 radical (unpaired) electrons. The van der Waals surface area contributed by atoms with Gasteiger partial charge in [-0.1, -0.05) is 11.8 Å². The Bertz CT molecular complexity index is 1030. The van der Waals surface area contributed by atoms with Gasteiger partial charge in [-0.15, -0.1) is 11.3 Å². The largest absolute Gasteiger partial charge is 0.366 e. The summed E-state index contributed by atoms with van der Waals surface area (Å²) in [6, 6.07) is 10.3. The third kappa shape index (κ3) is 4.01. The Balaban J connectivity index is 1.87. The van der Waals surface area contributed by atoms with Crippen LogP contribution in [0.1, 0.15) is 20.7 Å². The van der Waals surface area contributed by atoms with Crippen LogP contribution in [-0.2, 0) is 0 Å². The number of thiophene rings is 1. The van der Waals surface area contributed by atoms with E-state index < -0.39 is 17.4 Å². The quantitative estimate of drug-likeness (QED) is 0.624. The summed E-state index contributed by atoms with van der Waals surface area (Å²) in [5, 5.41) is 2.80. The van der Waals surface area contributed by atoms with Crippen LogP contribution in [0, 0.1) is 5.82 Å². The van der Waals surface area contributed by atoms with Crippen molar-refractivity contribution >= 4 is 39.9 Å². The minimum Gasteiger partial charge on any atom is -0.366 e. The molecule has 0 aliphatic rings. The smallest absolute Gasteiger partial charge is 0.261 e. The molecule has 0 unspecified atom stereocenters. The first-order valence-corrected chi connectivity index (χ1v) is 8.93. The van der Waals surface area contributed by atoms with Crippen molar-refractivity contribution in [2.24, 2.45) is 5.73 Å². The summed E-state index contributed by atoms with van der Waals surface area (Å²) in [6.45, 7) is 0. The van der Waals surface area contributed by atoms with Gasteiger partial charge in [-0.05, 0) is 42.5 Å². The standard InChI is InChI=1S/C17H12FN3O3S2/c18-9-3-5-10(6-4-9)25-13-8-12(14(19)22)17(26-13)21-16(24)11-2-1-7-20-15(11)23/h1-8H,(H2,19,22)(H,20,23)(H,21,24). The minimum absolute atomic E-state index is 0.0796. The van der Waals surface area contributed by atoms with E-state index in [1.807, 2.05) is 0 Å². The molecule has 0 saturated heterocycles. The summed E-state index contributed by atoms with van der Waals surface area (Å²) in [6.07, 6.45) is 1.41. The van der Waals surface area contributed by atoms with Gasteiger partial charge in [0.25, 0.3) is 17.4 Å². The molecule has 3 aromatic rings. The van der Waals surface area contributed by atoms with Crippen LogP contribution in [0.15, 0.2) is 62.6 Å². The highest BCUT2D eigenvalue weighted by molar-refractivity contribution is 8.01. The van der Waals surface area contributed by atoms with Crippen molar-refractivity contribution in [3.63, 3.8) is 0 Å². The van der Waals surface area contributed by atoms with Crippen LogP contribution in [0.25, 0.3) is 0 Å². The van der Waals surface area contributed by atoms with Crippen molar-refractivity contribution < 1.29 is 14.0 Å². The van der Waals surface area contributed by atoms with Crippen LogP contribution < -0.4 is 16.6 Å². The van der Waals surface area contributed by atoms with Gasteiger partial charge in [0.1, 0.15) is 16.4 Å². The molecule has 9 heteroatoms. The molecule has 0 saturated carbocycles. The Labute approximate surface area is 155 Å². The van der Waals surface area contributed by atoms with Crippen LogP contribution in [0.2, 0.25) is 0 Å². The number of nitrogens with two attached hydrogens (primary N) is 1. The molecular formula is C17H12FN3O3S2. The number of halogens is 1. The van der Waals surface area contributed by atoms with Crippen molar-refractivity contribution in [3.8, 4) is 0 Å². The number of carbonyl (C=O) groups is 2. The number of nitrogens with one attached hydrogen (secondary N) is 2. The van der Waals surface area contributed by atoms with E-state index in [1.165, 1.54) is 42.2 Å². The molecule has 0 aliphatic heterocycles. The van der Waals surface area contributed by atoms with E-state index >= 15 is 0 Å². The van der Waals surface area contributed by atoms with E-state index in [0.29, 0.717) is 4.21 Å². The minimum atomic E-state index is -0.704. The van der Waals surface area contributed by atoms with Crippen molar-refractivity contribution in [1.29, 1.82) is 0 Å². The lowest BCUT2D eigenvalue weighted by molar-refractivity contribution is 0.100. The van der Waals surface area contributed by atoms with E-state index in [-0.39, 0.29) is 21.9 Å². The fourth-order valence-corrected chi connectivity index (χ4v) is 4.26. The maximum atomic E-state index is 13.0. The molecule has 6 nitrogen and oxygen atoms in total. The molecule has 3 rings (SSSR count). The van der Waals surface area contributed by atoms with Gasteiger partial charge in [-0.25, -0.2) is 4.39 Å². The Morgan fingerprint density at radius 1 is 1.15 bits per heavy atom. The monoisotopic (exact) mass is 389 g/mol. The van der Waals surface area contributed by atoms with Crippen LogP contribution >= 0.6 is 23.1 Å². The number of anilines is 1. The number of amides is 2. The molecule has 2 heterocycles. The molecule has 0 fully saturated rings. The van der Waals surface area contributed by atoms with Gasteiger partial charge in [-0.2, -0.15) is 0 Å². The molecule has 2 aromatic heterocycles. The number of rotatable bonds is 5. The van der Waals surface area contributed by atoms with E-state index in [2.05, 4.69) is 10.3 Å². The zero-order chi connectivity index (χ0) is 18.7. The summed E-state index contributed by atoms with van der Waals surface area (Å²) in [4.78, 5) is 38.8. The first-order chi connectivity index (χ1) is 12.4. The predicted molar refractivity (Wildman–Crippen MR) is 98.4 cm³/mol. The predicted octanol–water partition coefficient (Wildman–Crippen LogP) is 3.08. The lowest BCUT2D eigenvalue weighted by atomic mass is 10.2. The molecule has 0 atom stereocenters. The van der Waals surface area contributed by atoms with Crippen LogP contribution in [0.3, 0.4) is 0 Å². The van der Waals surface area contributed by atoms with Gasteiger partial charge in [0, 0.05) is 11.1 Å². The summed E-state index contributed by atoms with van der Waals surface area (Å²) in [7, 11) is 0. The topological polar surface area (TPSA) is 105 Å². The van der Waals surface area contributed by atoms with Crippen LogP contribution in [-0.4, -0.2) is 16.8 Å². The highest BCUT2D eigenvalue weighted by Crippen LogP contribution is 2.38. The fraction of sp³-hybridized carbons (Fsp3) is 0. The summed E-state index contributed by atoms with van der Waals surface area (Å²) >= 11 is 2.44. The molecule has 26 heavy (non-hydrogen) atoms. The number of benzene rings is 1. The molecule has 2 amide bonds. The zero-order valence-electron chi connectivity index (χ0n) is 13.1. The molecule has 0 bridgehead atoms. The third-order valence-corrected chi connectivity index (χ3v) is 5.47. The number of hydrogen-bond acceptors (Lipinski definition) is 5. The van der Waals surface area contributed by atoms with Gasteiger partial charge in [0.05, 0.1) is 9.77 Å². The molecular weight excluding hydrogens is 377 g/mol. The van der Waals surface area contributed by atoms with Gasteiger partial charge in [0.2, 0.25) is 0 Å². The maximum absolute atomic E-state index is 13.0. The number of hydrogen-bond donors (Lipinski definition) is 3. The highest BCUT2D eigenvalue weighted by Gasteiger charge is 2.18. The molecule has 132 valence electrons. The summed E-state index contributed by atoms with van der Waals surface area (Å²) in [5.41, 5.74) is 4.90. The van der Waals surface area contributed by atoms with Crippen LogP contribution in [0.5, 0.6) is 0 Å². The second kappa shape index (κ2) is 7.54. The lowest BCUT2D eigenvalue weighted by Crippen LogP contribution is -2.23. The average Bonchev–Trinajstić information content (AvgIpc) is 3.00. The Morgan fingerprint density at radius 2 is 1.88 bits per heavy atom. The zero-order valence-corrected chi connectivity index (χ0v) is 14.7. The number of H-pyrrole nitrogens is 1. The number of carbonyl (C=O) groups excluding carboxylic acids is 2. The molecule has 0 spiro atoms. The first kappa shape index (κ1) is 17.9. The lowest BCUT2D eigenvalue weighted by Gasteiger charge is -2.03. The number of pyridine rings is 1. The summed E-state index contributed by atoms with van der Waals surface area (Å²) < 4.78 is 13.7. The molecule has 0 aliphatic carbocycles. The second-order valence-corrected chi connectivity index (χ2v) is 7.52. The van der Waals surface area contributed by atoms with Gasteiger partial charge in [-0.3, -0.25) is 14.4 Å². The molecule has 1 aromatic carbocycles. The van der Waals surface area contributed by atoms with E-state index in [1.54, 1.807) is 18.2 Å². The van der Waals surface area contributed by atoms with Crippen molar-refractivity contribution in [2.45, 2.75) is 9.10 Å². The number of aromatic nitrogens is 1. The first-order valence-electron chi connectivity index (χ1n) is 7.30. The Morgan fingerprint density at radius 3 is 2.54 bits per heavy atom. The van der Waals surface area contributed by atoms with Gasteiger partial charge in [0.15, 0.2) is 0 Å². The van der Waals surface area contributed by atoms with Crippen molar-refractivity contribution in [1.82, 2.24) is 4.98 Å². The third-order valence-electron chi connectivity index (χ3n) is 3.30. The SMILES string of the molecule is NC(=O)c1cc(Sc2ccc(F)cc2)sc1NC(=O)c1ccc[nH]c1=O. The van der Waals surface area contributed by atoms with E-state index in [4.69, 9.17) is 5.73 Å². The number of aromatic amines is 1. The van der Waals surface area contributed by atoms with Crippen molar-refractivity contribution in [3.05, 3.63) is 76.0 Å². The Kier molecular flexibility index (Phi) is 5.19. The second-order valence-electron chi connectivity index (χ2n) is 5.10. The van der Waals surface area contributed by atoms with Crippen LogP contribution in [0.4, 0.5) is 9.39 Å². The Hall–Kier alpha value is -2.91. The normalized spacial score (nSPS) is 10.5. The van der Waals surface area contributed by atoms with Gasteiger partial charge < -0.3 is 16.0 Å². The van der Waals surface area contributed by atoms with Gasteiger partial charge >= 0.3 is 0 Å². The van der Waals surface area contributed by atoms with Crippen molar-refractivity contribution in [2.75, 3.05) is 5.32 Å².